The van der Waals surface area contributed by atoms with Crippen molar-refractivity contribution in [3.8, 4) is 22.3 Å². The van der Waals surface area contributed by atoms with Gasteiger partial charge in [-0.05, 0) is 65.2 Å². The molecule has 49 heavy (non-hydrogen) atoms. The van der Waals surface area contributed by atoms with E-state index >= 15 is 0 Å². The molecule has 2 bridgehead atoms. The van der Waals surface area contributed by atoms with Crippen molar-refractivity contribution in [3.63, 3.8) is 0 Å². The zero-order chi connectivity index (χ0) is 33.0. The van der Waals surface area contributed by atoms with Gasteiger partial charge in [0.05, 0.1) is 0 Å². The van der Waals surface area contributed by atoms with Crippen LogP contribution >= 0.6 is 31.9 Å². The van der Waals surface area contributed by atoms with E-state index in [1.165, 1.54) is 0 Å². The fraction of sp³-hybridized carbons (Fsp3) is 0.0435. The van der Waals surface area contributed by atoms with E-state index in [9.17, 15) is 0 Å². The first kappa shape index (κ1) is 30.3. The van der Waals surface area contributed by atoms with E-state index in [1.807, 2.05) is 0 Å². The van der Waals surface area contributed by atoms with Gasteiger partial charge in [0.15, 0.2) is 0 Å². The smallest absolute Gasteiger partial charge is 0.147 e. The first-order chi connectivity index (χ1) is 24.2. The number of rotatable bonds is 6. The molecule has 2 aliphatic heterocycles. The first-order valence-corrected chi connectivity index (χ1v) is 18.1. The highest BCUT2D eigenvalue weighted by molar-refractivity contribution is 9.13. The van der Waals surface area contributed by atoms with Gasteiger partial charge in [-0.3, -0.25) is 0 Å². The fourth-order valence-corrected chi connectivity index (χ4v) is 9.38. The Labute approximate surface area is 303 Å². The third-order valence-corrected chi connectivity index (χ3v) is 12.1. The molecule has 0 radical (unpaired) electrons. The van der Waals surface area contributed by atoms with Crippen LogP contribution in [0, 0.1) is 0 Å². The van der Waals surface area contributed by atoms with Crippen LogP contribution in [0.25, 0.3) is 33.4 Å². The molecule has 2 heterocycles. The summed E-state index contributed by atoms with van der Waals surface area (Å²) in [6, 6.07) is 64.7. The van der Waals surface area contributed by atoms with Crippen molar-refractivity contribution in [3.05, 3.63) is 224 Å². The molecule has 7 aromatic rings. The number of hydrogen-bond acceptors (Lipinski definition) is 1. The van der Waals surface area contributed by atoms with E-state index in [2.05, 4.69) is 214 Å². The van der Waals surface area contributed by atoms with Gasteiger partial charge >= 0.3 is 0 Å². The van der Waals surface area contributed by atoms with Crippen molar-refractivity contribution >= 4 is 43.0 Å². The Balaban J connectivity index is 1.60. The van der Waals surface area contributed by atoms with Crippen LogP contribution in [0.5, 0.6) is 0 Å². The predicted octanol–water partition coefficient (Wildman–Crippen LogP) is 12.7. The van der Waals surface area contributed by atoms with Gasteiger partial charge in [-0.25, -0.2) is 0 Å². The molecule has 0 saturated heterocycles. The number of fused-ring (bicyclic) bond motifs is 5. The molecular formula is C46H30Br2O. The van der Waals surface area contributed by atoms with Gasteiger partial charge in [-0.1, -0.05) is 182 Å². The summed E-state index contributed by atoms with van der Waals surface area (Å²) in [6.07, 6.45) is 0. The SMILES string of the molecule is Brc1c(Br)c(-c2ccccc2)c2c(c1-c1ccccc1)C1(c3ccccc3)OC2(c2ccccc2)C(c2ccccc2)=C1c1ccccc1. The van der Waals surface area contributed by atoms with Crippen LogP contribution in [-0.2, 0) is 15.9 Å². The average Bonchev–Trinajstić information content (AvgIpc) is 3.67. The molecule has 2 atom stereocenters. The molecule has 3 heteroatoms. The summed E-state index contributed by atoms with van der Waals surface area (Å²) >= 11 is 8.36. The van der Waals surface area contributed by atoms with Gasteiger partial charge in [0, 0.05) is 42.3 Å². The summed E-state index contributed by atoms with van der Waals surface area (Å²) < 4.78 is 10.1. The molecule has 0 spiro atoms. The predicted molar refractivity (Wildman–Crippen MR) is 208 cm³/mol. The molecular weight excluding hydrogens is 728 g/mol. The van der Waals surface area contributed by atoms with Crippen molar-refractivity contribution in [2.45, 2.75) is 11.2 Å². The van der Waals surface area contributed by atoms with Crippen molar-refractivity contribution in [2.24, 2.45) is 0 Å². The second-order valence-electron chi connectivity index (χ2n) is 12.5. The van der Waals surface area contributed by atoms with E-state index in [-0.39, 0.29) is 0 Å². The van der Waals surface area contributed by atoms with Gasteiger partial charge in [-0.2, -0.15) is 0 Å². The lowest BCUT2D eigenvalue weighted by Crippen LogP contribution is -2.29. The minimum atomic E-state index is -0.975. The number of hydrogen-bond donors (Lipinski definition) is 0. The Kier molecular flexibility index (Phi) is 7.39. The van der Waals surface area contributed by atoms with Gasteiger partial charge in [0.2, 0.25) is 0 Å². The minimum Gasteiger partial charge on any atom is -0.340 e. The monoisotopic (exact) mass is 756 g/mol. The van der Waals surface area contributed by atoms with Crippen LogP contribution in [0.15, 0.2) is 191 Å². The molecule has 0 saturated carbocycles. The molecule has 9 rings (SSSR count). The third kappa shape index (κ3) is 4.39. The van der Waals surface area contributed by atoms with E-state index in [1.54, 1.807) is 0 Å². The zero-order valence-electron chi connectivity index (χ0n) is 26.5. The summed E-state index contributed by atoms with van der Waals surface area (Å²) in [5.74, 6) is 0. The van der Waals surface area contributed by atoms with Crippen molar-refractivity contribution in [1.29, 1.82) is 0 Å². The van der Waals surface area contributed by atoms with Crippen LogP contribution in [0.3, 0.4) is 0 Å². The van der Waals surface area contributed by atoms with E-state index in [0.29, 0.717) is 0 Å². The lowest BCUT2D eigenvalue weighted by atomic mass is 9.62. The Morgan fingerprint density at radius 2 is 0.592 bits per heavy atom. The third-order valence-electron chi connectivity index (χ3n) is 9.96. The number of ether oxygens (including phenoxy) is 1. The van der Waals surface area contributed by atoms with E-state index < -0.39 is 11.2 Å². The molecule has 0 fully saturated rings. The second-order valence-corrected chi connectivity index (χ2v) is 14.1. The summed E-state index contributed by atoms with van der Waals surface area (Å²) in [6.45, 7) is 0. The molecule has 1 nitrogen and oxygen atoms in total. The Hall–Kier alpha value is -4.80. The normalized spacial score (nSPS) is 19.2. The lowest BCUT2D eigenvalue weighted by molar-refractivity contribution is -0.0152. The summed E-state index contributed by atoms with van der Waals surface area (Å²) in [4.78, 5) is 0. The zero-order valence-corrected chi connectivity index (χ0v) is 29.7. The van der Waals surface area contributed by atoms with Crippen LogP contribution < -0.4 is 0 Å². The summed E-state index contributed by atoms with van der Waals surface area (Å²) in [5, 5.41) is 0. The van der Waals surface area contributed by atoms with Crippen LogP contribution in [0.1, 0.15) is 33.4 Å². The Morgan fingerprint density at radius 3 is 0.898 bits per heavy atom. The highest BCUT2D eigenvalue weighted by atomic mass is 79.9. The number of halogens is 2. The topological polar surface area (TPSA) is 9.23 Å². The molecule has 0 aromatic heterocycles. The highest BCUT2D eigenvalue weighted by Gasteiger charge is 2.67. The van der Waals surface area contributed by atoms with Gasteiger partial charge in [-0.15, -0.1) is 0 Å². The van der Waals surface area contributed by atoms with Crippen LogP contribution in [0.2, 0.25) is 0 Å². The standard InChI is InChI=1S/C46H30Br2O/c47-43-37(31-19-7-1-8-20-31)41-42(38(44(43)48)32-21-9-2-10-22-32)46(36-29-17-6-18-30-36)40(34-25-13-4-14-26-34)39(33-23-11-3-12-24-33)45(41,49-46)35-27-15-5-16-28-35/h1-30H. The largest absolute Gasteiger partial charge is 0.340 e. The average molecular weight is 759 g/mol. The highest BCUT2D eigenvalue weighted by Crippen LogP contribution is 2.74. The lowest BCUT2D eigenvalue weighted by Gasteiger charge is -2.37. The van der Waals surface area contributed by atoms with Gasteiger partial charge in [0.25, 0.3) is 0 Å². The fourth-order valence-electron chi connectivity index (χ4n) is 8.13. The van der Waals surface area contributed by atoms with Crippen molar-refractivity contribution in [2.75, 3.05) is 0 Å². The second kappa shape index (κ2) is 12.0. The first-order valence-electron chi connectivity index (χ1n) is 16.5. The molecule has 0 N–H and O–H groups in total. The van der Waals surface area contributed by atoms with Crippen LogP contribution in [0.4, 0.5) is 0 Å². The van der Waals surface area contributed by atoms with Crippen molar-refractivity contribution < 1.29 is 4.74 Å². The Bertz CT molecular complexity index is 2170. The molecule has 0 aliphatic carbocycles. The molecule has 2 unspecified atom stereocenters. The Morgan fingerprint density at radius 1 is 0.327 bits per heavy atom. The maximum atomic E-state index is 8.14. The molecule has 2 aliphatic rings. The molecule has 234 valence electrons. The van der Waals surface area contributed by atoms with Gasteiger partial charge in [0.1, 0.15) is 11.2 Å². The maximum absolute atomic E-state index is 8.14. The minimum absolute atomic E-state index is 0.975. The molecule has 7 aromatic carbocycles. The molecule has 0 amide bonds. The van der Waals surface area contributed by atoms with E-state index in [4.69, 9.17) is 4.74 Å². The van der Waals surface area contributed by atoms with E-state index in [0.717, 1.165) is 75.7 Å². The maximum Gasteiger partial charge on any atom is 0.147 e. The summed E-state index contributed by atoms with van der Waals surface area (Å²) in [5.41, 5.74) is 11.6. The van der Waals surface area contributed by atoms with Crippen LogP contribution in [-0.4, -0.2) is 0 Å². The van der Waals surface area contributed by atoms with Gasteiger partial charge < -0.3 is 4.74 Å². The number of benzene rings is 7. The van der Waals surface area contributed by atoms with Crippen molar-refractivity contribution in [1.82, 2.24) is 0 Å². The summed E-state index contributed by atoms with van der Waals surface area (Å²) in [7, 11) is 0. The quantitative estimate of drug-likeness (QED) is 0.164.